The topological polar surface area (TPSA) is 74.3 Å². The monoisotopic (exact) mass is 645 g/mol. The van der Waals surface area contributed by atoms with Crippen molar-refractivity contribution in [3.63, 3.8) is 0 Å². The minimum atomic E-state index is -1.04. The molecule has 47 heavy (non-hydrogen) atoms. The molecule has 0 fully saturated rings. The van der Waals surface area contributed by atoms with Crippen molar-refractivity contribution in [2.24, 2.45) is 0 Å². The summed E-state index contributed by atoms with van der Waals surface area (Å²) in [6.07, 6.45) is 1.05. The molecule has 0 saturated carbocycles. The Hall–Kier alpha value is -3.91. The number of esters is 1. The Labute approximate surface area is 278 Å². The number of hydrogen-bond donors (Lipinski definition) is 0. The lowest BCUT2D eigenvalue weighted by molar-refractivity contribution is -0.166. The van der Waals surface area contributed by atoms with Crippen LogP contribution >= 0.6 is 0 Å². The molecule has 252 valence electrons. The number of carbonyl (C=O) groups excluding carboxylic acids is 2. The first-order chi connectivity index (χ1) is 22.2. The Morgan fingerprint density at radius 2 is 1.74 bits per heavy atom. The van der Waals surface area contributed by atoms with E-state index in [2.05, 4.69) is 0 Å². The number of fused-ring (bicyclic) bond motifs is 2. The fourth-order valence-electron chi connectivity index (χ4n) is 6.94. The van der Waals surface area contributed by atoms with E-state index in [1.54, 1.807) is 13.0 Å². The maximum atomic E-state index is 15.8. The van der Waals surface area contributed by atoms with Crippen LogP contribution in [0.5, 0.6) is 11.5 Å². The van der Waals surface area contributed by atoms with Gasteiger partial charge in [-0.3, -0.25) is 4.79 Å². The number of rotatable bonds is 8. The van der Waals surface area contributed by atoms with Gasteiger partial charge in [0.05, 0.1) is 24.9 Å². The average molecular weight is 646 g/mol. The molecule has 3 aromatic carbocycles. The number of hydrogen-bond acceptors (Lipinski definition) is 6. The second-order valence-electron chi connectivity index (χ2n) is 13.8. The highest BCUT2D eigenvalue weighted by molar-refractivity contribution is 5.95. The molecule has 2 aliphatic rings. The molecule has 7 nitrogen and oxygen atoms in total. The number of amides is 1. The Kier molecular flexibility index (Phi) is 10.0. The molecular weight excluding hydrogens is 597 g/mol. The normalized spacial score (nSPS) is 15.1. The van der Waals surface area contributed by atoms with Gasteiger partial charge in [0.25, 0.3) is 5.91 Å². The van der Waals surface area contributed by atoms with Crippen LogP contribution in [-0.4, -0.2) is 48.2 Å². The molecule has 5 rings (SSSR count). The molecule has 0 spiro atoms. The van der Waals surface area contributed by atoms with Gasteiger partial charge in [-0.05, 0) is 145 Å². The third kappa shape index (κ3) is 7.03. The number of benzene rings is 3. The Morgan fingerprint density at radius 1 is 1.00 bits per heavy atom. The molecule has 3 aromatic rings. The van der Waals surface area contributed by atoms with Crippen LogP contribution in [-0.2, 0) is 33.7 Å². The first-order valence-electron chi connectivity index (χ1n) is 16.7. The standard InChI is InChI=1S/C39H48FNO6/c1-10-44-38(43)36(47-39(7,8)9)34-24(5)28-16-17-41(37(42)26-13-11-14-27(19-26)46-22(2)3)21-31(28)25(6)33(34)30-20-32(40)35-29(23(30)4)15-12-18-45-35/h11,13-14,19-20,22,36H,10,12,15-18,21H2,1-9H3. The van der Waals surface area contributed by atoms with E-state index in [1.807, 2.05) is 78.5 Å². The van der Waals surface area contributed by atoms with Crippen molar-refractivity contribution in [1.82, 2.24) is 4.90 Å². The minimum absolute atomic E-state index is 0.00963. The zero-order chi connectivity index (χ0) is 34.2. The molecule has 0 N–H and O–H groups in total. The molecule has 0 radical (unpaired) electrons. The summed E-state index contributed by atoms with van der Waals surface area (Å²) in [6, 6.07) is 8.83. The summed E-state index contributed by atoms with van der Waals surface area (Å²) in [5.74, 6) is -0.0340. The molecular formula is C39H48FNO6. The maximum absolute atomic E-state index is 15.8. The van der Waals surface area contributed by atoms with E-state index in [9.17, 15) is 9.59 Å². The smallest absolute Gasteiger partial charge is 0.339 e. The molecule has 1 amide bonds. The molecule has 8 heteroatoms. The zero-order valence-corrected chi connectivity index (χ0v) is 29.3. The third-order valence-corrected chi connectivity index (χ3v) is 8.98. The van der Waals surface area contributed by atoms with Gasteiger partial charge in [-0.15, -0.1) is 0 Å². The lowest BCUT2D eigenvalue weighted by Gasteiger charge is -2.36. The van der Waals surface area contributed by atoms with Gasteiger partial charge >= 0.3 is 5.97 Å². The highest BCUT2D eigenvalue weighted by atomic mass is 19.1. The molecule has 0 aromatic heterocycles. The van der Waals surface area contributed by atoms with E-state index in [0.717, 1.165) is 45.4 Å². The summed E-state index contributed by atoms with van der Waals surface area (Å²) in [7, 11) is 0. The third-order valence-electron chi connectivity index (χ3n) is 8.98. The van der Waals surface area contributed by atoms with E-state index >= 15 is 4.39 Å². The van der Waals surface area contributed by atoms with Crippen LogP contribution in [0.3, 0.4) is 0 Å². The first kappa shape index (κ1) is 34.4. The van der Waals surface area contributed by atoms with Crippen molar-refractivity contribution in [3.05, 3.63) is 80.7 Å². The van der Waals surface area contributed by atoms with Crippen LogP contribution in [0.25, 0.3) is 11.1 Å². The Bertz CT molecular complexity index is 1690. The van der Waals surface area contributed by atoms with E-state index in [0.29, 0.717) is 60.7 Å². The lowest BCUT2D eigenvalue weighted by Crippen LogP contribution is -2.37. The zero-order valence-electron chi connectivity index (χ0n) is 29.3. The summed E-state index contributed by atoms with van der Waals surface area (Å²) in [4.78, 5) is 29.4. The fourth-order valence-corrected chi connectivity index (χ4v) is 6.94. The van der Waals surface area contributed by atoms with Gasteiger partial charge in [0.1, 0.15) is 5.75 Å². The first-order valence-corrected chi connectivity index (χ1v) is 16.7. The summed E-state index contributed by atoms with van der Waals surface area (Å²) >= 11 is 0. The number of ether oxygens (including phenoxy) is 4. The van der Waals surface area contributed by atoms with Crippen LogP contribution < -0.4 is 9.47 Å². The van der Waals surface area contributed by atoms with Crippen molar-refractivity contribution in [3.8, 4) is 22.6 Å². The maximum Gasteiger partial charge on any atom is 0.339 e. The van der Waals surface area contributed by atoms with Crippen LogP contribution in [0, 0.1) is 26.6 Å². The lowest BCUT2D eigenvalue weighted by atomic mass is 9.78. The van der Waals surface area contributed by atoms with Gasteiger partial charge in [0, 0.05) is 29.8 Å². The van der Waals surface area contributed by atoms with E-state index in [1.165, 1.54) is 6.07 Å². The van der Waals surface area contributed by atoms with Crippen LogP contribution in [0.2, 0.25) is 0 Å². The van der Waals surface area contributed by atoms with E-state index in [4.69, 9.17) is 18.9 Å². The summed E-state index contributed by atoms with van der Waals surface area (Å²) in [5, 5.41) is 0. The van der Waals surface area contributed by atoms with Crippen LogP contribution in [0.15, 0.2) is 30.3 Å². The predicted molar refractivity (Wildman–Crippen MR) is 181 cm³/mol. The molecule has 0 aliphatic carbocycles. The van der Waals surface area contributed by atoms with Crippen LogP contribution in [0.1, 0.15) is 103 Å². The van der Waals surface area contributed by atoms with Crippen molar-refractivity contribution in [1.29, 1.82) is 0 Å². The summed E-state index contributed by atoms with van der Waals surface area (Å²) in [5.41, 5.74) is 7.64. The molecule has 0 bridgehead atoms. The number of nitrogens with zero attached hydrogens (tertiary/aromatic N) is 1. The minimum Gasteiger partial charge on any atom is -0.491 e. The van der Waals surface area contributed by atoms with Crippen molar-refractivity contribution in [2.45, 2.75) is 106 Å². The highest BCUT2D eigenvalue weighted by Gasteiger charge is 2.37. The Morgan fingerprint density at radius 3 is 2.43 bits per heavy atom. The Balaban J connectivity index is 1.70. The molecule has 1 unspecified atom stereocenters. The van der Waals surface area contributed by atoms with Gasteiger partial charge in [0.15, 0.2) is 17.7 Å². The largest absolute Gasteiger partial charge is 0.491 e. The molecule has 1 atom stereocenters. The van der Waals surface area contributed by atoms with Crippen molar-refractivity contribution < 1.29 is 32.9 Å². The quantitative estimate of drug-likeness (QED) is 0.230. The van der Waals surface area contributed by atoms with Gasteiger partial charge in [-0.1, -0.05) is 6.07 Å². The second-order valence-corrected chi connectivity index (χ2v) is 13.8. The summed E-state index contributed by atoms with van der Waals surface area (Å²) in [6.45, 7) is 19.0. The average Bonchev–Trinajstić information content (AvgIpc) is 3.02. The molecule has 2 heterocycles. The predicted octanol–water partition coefficient (Wildman–Crippen LogP) is 8.15. The van der Waals surface area contributed by atoms with Gasteiger partial charge < -0.3 is 23.8 Å². The van der Waals surface area contributed by atoms with Crippen molar-refractivity contribution >= 4 is 11.9 Å². The fraction of sp³-hybridized carbons (Fsp3) is 0.487. The second kappa shape index (κ2) is 13.7. The van der Waals surface area contributed by atoms with Crippen molar-refractivity contribution in [2.75, 3.05) is 19.8 Å². The SMILES string of the molecule is CCOC(=O)C(OC(C)(C)C)c1c(C)c2c(c(C)c1-c1cc(F)c3c(c1C)CCCO3)CN(C(=O)c1cccc(OC(C)C)c1)CC2. The van der Waals surface area contributed by atoms with Gasteiger partial charge in [-0.2, -0.15) is 0 Å². The van der Waals surface area contributed by atoms with Crippen LogP contribution in [0.4, 0.5) is 4.39 Å². The number of carbonyl (C=O) groups is 2. The van der Waals surface area contributed by atoms with Gasteiger partial charge in [0.2, 0.25) is 0 Å². The van der Waals surface area contributed by atoms with E-state index < -0.39 is 23.5 Å². The van der Waals surface area contributed by atoms with Gasteiger partial charge in [-0.25, -0.2) is 9.18 Å². The highest BCUT2D eigenvalue weighted by Crippen LogP contribution is 2.46. The molecule has 0 saturated heterocycles. The number of halogens is 1. The molecule has 2 aliphatic heterocycles. The summed E-state index contributed by atoms with van der Waals surface area (Å²) < 4.78 is 39.5. The van der Waals surface area contributed by atoms with E-state index in [-0.39, 0.29) is 18.6 Å².